The number of rotatable bonds is 1. The molecule has 18 heavy (non-hydrogen) atoms. The van der Waals surface area contributed by atoms with Crippen LogP contribution in [-0.2, 0) is 4.79 Å². The molecular weight excluding hydrogens is 292 g/mol. The molecule has 96 valence electrons. The largest absolute Gasteiger partial charge is 0.309 e. The van der Waals surface area contributed by atoms with Gasteiger partial charge in [0.15, 0.2) is 0 Å². The van der Waals surface area contributed by atoms with Crippen molar-refractivity contribution in [3.63, 3.8) is 0 Å². The van der Waals surface area contributed by atoms with Gasteiger partial charge in [0.2, 0.25) is 5.91 Å². The average Bonchev–Trinajstić information content (AvgIpc) is 3.14. The molecule has 1 saturated heterocycles. The Labute approximate surface area is 116 Å². The summed E-state index contributed by atoms with van der Waals surface area (Å²) >= 11 is 3.55. The van der Waals surface area contributed by atoms with Crippen LogP contribution in [0.25, 0.3) is 0 Å². The Balaban J connectivity index is 1.97. The Morgan fingerprint density at radius 2 is 2.11 bits per heavy atom. The highest BCUT2D eigenvalue weighted by Crippen LogP contribution is 2.47. The van der Waals surface area contributed by atoms with Crippen molar-refractivity contribution in [1.82, 2.24) is 5.32 Å². The molecule has 1 heterocycles. The standard InChI is InChI=1S/C14H17BrN2O/c1-10-13(18)17(9-14(6-7-14)8-16-10)12-5-3-2-4-11(12)15/h2-5,10,16H,6-9H2,1H3. The fourth-order valence-electron chi connectivity index (χ4n) is 2.55. The van der Waals surface area contributed by atoms with Crippen molar-refractivity contribution in [3.8, 4) is 0 Å². The Hall–Kier alpha value is -0.870. The third-order valence-corrected chi connectivity index (χ3v) is 4.68. The second-order valence-electron chi connectivity index (χ2n) is 5.48. The van der Waals surface area contributed by atoms with Gasteiger partial charge in [-0.3, -0.25) is 4.79 Å². The number of carbonyl (C=O) groups excluding carboxylic acids is 1. The molecule has 1 N–H and O–H groups in total. The second-order valence-corrected chi connectivity index (χ2v) is 6.33. The average molecular weight is 309 g/mol. The minimum atomic E-state index is -0.0999. The molecule has 1 unspecified atom stereocenters. The first-order valence-corrected chi connectivity index (χ1v) is 7.20. The third-order valence-electron chi connectivity index (χ3n) is 4.01. The number of carbonyl (C=O) groups is 1. The topological polar surface area (TPSA) is 32.3 Å². The van der Waals surface area contributed by atoms with Crippen LogP contribution in [0.15, 0.2) is 28.7 Å². The second kappa shape index (κ2) is 4.35. The predicted octanol–water partition coefficient (Wildman–Crippen LogP) is 2.55. The van der Waals surface area contributed by atoms with Gasteiger partial charge >= 0.3 is 0 Å². The van der Waals surface area contributed by atoms with Gasteiger partial charge in [0.1, 0.15) is 0 Å². The van der Waals surface area contributed by atoms with Crippen LogP contribution < -0.4 is 10.2 Å². The summed E-state index contributed by atoms with van der Waals surface area (Å²) < 4.78 is 0.989. The van der Waals surface area contributed by atoms with Gasteiger partial charge in [-0.15, -0.1) is 0 Å². The third kappa shape index (κ3) is 2.08. The van der Waals surface area contributed by atoms with Crippen LogP contribution in [0.2, 0.25) is 0 Å². The molecule has 1 aromatic carbocycles. The molecule has 3 nitrogen and oxygen atoms in total. The number of amides is 1. The molecule has 1 saturated carbocycles. The summed E-state index contributed by atoms with van der Waals surface area (Å²) in [6.07, 6.45) is 2.45. The number of hydrogen-bond acceptors (Lipinski definition) is 2. The smallest absolute Gasteiger partial charge is 0.243 e. The summed E-state index contributed by atoms with van der Waals surface area (Å²) in [7, 11) is 0. The van der Waals surface area contributed by atoms with Gasteiger partial charge in [-0.25, -0.2) is 0 Å². The van der Waals surface area contributed by atoms with Crippen LogP contribution in [0.1, 0.15) is 19.8 Å². The van der Waals surface area contributed by atoms with Crippen molar-refractivity contribution < 1.29 is 4.79 Å². The van der Waals surface area contributed by atoms with Crippen molar-refractivity contribution in [2.75, 3.05) is 18.0 Å². The van der Waals surface area contributed by atoms with E-state index in [4.69, 9.17) is 0 Å². The zero-order valence-electron chi connectivity index (χ0n) is 10.4. The Bertz CT molecular complexity index is 484. The van der Waals surface area contributed by atoms with Crippen molar-refractivity contribution in [2.24, 2.45) is 5.41 Å². The van der Waals surface area contributed by atoms with Gasteiger partial charge < -0.3 is 10.2 Å². The number of hydrogen-bond donors (Lipinski definition) is 1. The van der Waals surface area contributed by atoms with Gasteiger partial charge in [-0.1, -0.05) is 12.1 Å². The Morgan fingerprint density at radius 1 is 1.39 bits per heavy atom. The lowest BCUT2D eigenvalue weighted by Crippen LogP contribution is -2.42. The van der Waals surface area contributed by atoms with E-state index in [0.29, 0.717) is 5.41 Å². The zero-order valence-corrected chi connectivity index (χ0v) is 12.0. The van der Waals surface area contributed by atoms with Crippen molar-refractivity contribution in [1.29, 1.82) is 0 Å². The van der Waals surface area contributed by atoms with E-state index >= 15 is 0 Å². The summed E-state index contributed by atoms with van der Waals surface area (Å²) in [5, 5.41) is 3.36. The SMILES string of the molecule is CC1NCC2(CC2)CN(c2ccccc2Br)C1=O. The zero-order chi connectivity index (χ0) is 12.8. The monoisotopic (exact) mass is 308 g/mol. The van der Waals surface area contributed by atoms with Crippen LogP contribution in [0.5, 0.6) is 0 Å². The van der Waals surface area contributed by atoms with Gasteiger partial charge in [-0.2, -0.15) is 0 Å². The van der Waals surface area contributed by atoms with Crippen LogP contribution >= 0.6 is 15.9 Å². The lowest BCUT2D eigenvalue weighted by molar-refractivity contribution is -0.119. The number of nitrogens with one attached hydrogen (secondary N) is 1. The van der Waals surface area contributed by atoms with Gasteiger partial charge in [0.05, 0.1) is 11.7 Å². The maximum Gasteiger partial charge on any atom is 0.243 e. The summed E-state index contributed by atoms with van der Waals surface area (Å²) in [6.45, 7) is 3.75. The predicted molar refractivity (Wildman–Crippen MR) is 75.6 cm³/mol. The quantitative estimate of drug-likeness (QED) is 0.865. The molecule has 1 aliphatic carbocycles. The minimum absolute atomic E-state index is 0.0999. The molecule has 0 aromatic heterocycles. The first kappa shape index (κ1) is 12.2. The van der Waals surface area contributed by atoms with E-state index in [2.05, 4.69) is 21.2 Å². The number of halogens is 1. The number of nitrogens with zero attached hydrogens (tertiary/aromatic N) is 1. The summed E-state index contributed by atoms with van der Waals surface area (Å²) in [5.74, 6) is 0.172. The number of anilines is 1. The molecule has 0 radical (unpaired) electrons. The van der Waals surface area contributed by atoms with Crippen LogP contribution in [0.4, 0.5) is 5.69 Å². The van der Waals surface area contributed by atoms with Crippen LogP contribution in [-0.4, -0.2) is 25.0 Å². The van der Waals surface area contributed by atoms with Gasteiger partial charge in [-0.05, 0) is 47.8 Å². The van der Waals surface area contributed by atoms with Crippen LogP contribution in [0, 0.1) is 5.41 Å². The maximum atomic E-state index is 12.5. The summed E-state index contributed by atoms with van der Waals surface area (Å²) in [5.41, 5.74) is 1.31. The highest BCUT2D eigenvalue weighted by atomic mass is 79.9. The van der Waals surface area contributed by atoms with Gasteiger partial charge in [0.25, 0.3) is 0 Å². The lowest BCUT2D eigenvalue weighted by atomic mass is 10.1. The van der Waals surface area contributed by atoms with E-state index in [9.17, 15) is 4.79 Å². The van der Waals surface area contributed by atoms with Gasteiger partial charge in [0, 0.05) is 23.0 Å². The summed E-state index contributed by atoms with van der Waals surface area (Å²) in [6, 6.07) is 7.86. The fraction of sp³-hybridized carbons (Fsp3) is 0.500. The molecular formula is C14H17BrN2O. The van der Waals surface area contributed by atoms with E-state index in [0.717, 1.165) is 23.2 Å². The first-order chi connectivity index (χ1) is 8.61. The normalized spacial score (nSPS) is 26.2. The number of para-hydroxylation sites is 1. The van der Waals surface area contributed by atoms with E-state index in [-0.39, 0.29) is 11.9 Å². The highest BCUT2D eigenvalue weighted by Gasteiger charge is 2.47. The molecule has 2 fully saturated rings. The lowest BCUT2D eigenvalue weighted by Gasteiger charge is -2.26. The van der Waals surface area contributed by atoms with Crippen molar-refractivity contribution in [3.05, 3.63) is 28.7 Å². The summed E-state index contributed by atoms with van der Waals surface area (Å²) in [4.78, 5) is 14.4. The molecule has 1 amide bonds. The molecule has 1 aliphatic heterocycles. The molecule has 3 rings (SSSR count). The molecule has 1 atom stereocenters. The molecule has 4 heteroatoms. The van der Waals surface area contributed by atoms with Crippen molar-refractivity contribution >= 4 is 27.5 Å². The van der Waals surface area contributed by atoms with Crippen molar-refractivity contribution in [2.45, 2.75) is 25.8 Å². The van der Waals surface area contributed by atoms with E-state index in [1.54, 1.807) is 0 Å². The van der Waals surface area contributed by atoms with E-state index in [1.165, 1.54) is 12.8 Å². The highest BCUT2D eigenvalue weighted by molar-refractivity contribution is 9.10. The van der Waals surface area contributed by atoms with Crippen LogP contribution in [0.3, 0.4) is 0 Å². The molecule has 1 aromatic rings. The molecule has 1 spiro atoms. The van der Waals surface area contributed by atoms with E-state index < -0.39 is 0 Å². The maximum absolute atomic E-state index is 12.5. The van der Waals surface area contributed by atoms with E-state index in [1.807, 2.05) is 36.1 Å². The fourth-order valence-corrected chi connectivity index (χ4v) is 3.04. The number of benzene rings is 1. The minimum Gasteiger partial charge on any atom is -0.309 e. The first-order valence-electron chi connectivity index (χ1n) is 6.41. The molecule has 2 aliphatic rings. The Kier molecular flexibility index (Phi) is 2.94. The molecule has 0 bridgehead atoms. The Morgan fingerprint density at radius 3 is 2.78 bits per heavy atom.